The second-order valence-electron chi connectivity index (χ2n) is 4.17. The van der Waals surface area contributed by atoms with Crippen LogP contribution in [0.15, 0.2) is 11.1 Å². The summed E-state index contributed by atoms with van der Waals surface area (Å²) >= 11 is 3.91. The molecule has 0 aliphatic carbocycles. The van der Waals surface area contributed by atoms with Crippen LogP contribution in [-0.2, 0) is 6.54 Å². The van der Waals surface area contributed by atoms with E-state index in [9.17, 15) is 18.0 Å². The van der Waals surface area contributed by atoms with Crippen molar-refractivity contribution < 1.29 is 13.2 Å². The third-order valence-corrected chi connectivity index (χ3v) is 4.79. The van der Waals surface area contributed by atoms with Crippen molar-refractivity contribution in [2.45, 2.75) is 31.4 Å². The van der Waals surface area contributed by atoms with Crippen LogP contribution in [0.3, 0.4) is 0 Å². The monoisotopic (exact) mass is 354 g/mol. The molecule has 2 rings (SSSR count). The predicted octanol–water partition coefficient (Wildman–Crippen LogP) is 3.40. The van der Waals surface area contributed by atoms with E-state index in [2.05, 4.69) is 20.9 Å². The Hall–Kier alpha value is -0.890. The van der Waals surface area contributed by atoms with Crippen molar-refractivity contribution in [3.63, 3.8) is 0 Å². The van der Waals surface area contributed by atoms with Gasteiger partial charge in [0.1, 0.15) is 9.66 Å². The van der Waals surface area contributed by atoms with Crippen molar-refractivity contribution in [3.8, 4) is 0 Å². The van der Waals surface area contributed by atoms with E-state index in [0.717, 1.165) is 15.0 Å². The van der Waals surface area contributed by atoms with Gasteiger partial charge in [-0.05, 0) is 19.4 Å². The van der Waals surface area contributed by atoms with Gasteiger partial charge in [-0.3, -0.25) is 9.36 Å². The summed E-state index contributed by atoms with van der Waals surface area (Å²) in [6.45, 7) is 3.14. The highest BCUT2D eigenvalue weighted by Gasteiger charge is 2.38. The predicted molar refractivity (Wildman–Crippen MR) is 72.1 cm³/mol. The van der Waals surface area contributed by atoms with Gasteiger partial charge >= 0.3 is 6.18 Å². The Morgan fingerprint density at radius 3 is 2.68 bits per heavy atom. The molecule has 0 amide bonds. The summed E-state index contributed by atoms with van der Waals surface area (Å²) in [5, 5.41) is 0.409. The lowest BCUT2D eigenvalue weighted by atomic mass is 10.2. The Kier molecular flexibility index (Phi) is 3.74. The topological polar surface area (TPSA) is 34.9 Å². The molecule has 0 fully saturated rings. The molecule has 104 valence electrons. The molecule has 0 saturated heterocycles. The zero-order valence-electron chi connectivity index (χ0n) is 10.1. The average Bonchev–Trinajstić information content (AvgIpc) is 2.58. The van der Waals surface area contributed by atoms with Gasteiger partial charge in [-0.15, -0.1) is 11.3 Å². The molecule has 8 heteroatoms. The Morgan fingerprint density at radius 1 is 1.47 bits per heavy atom. The highest BCUT2D eigenvalue weighted by atomic mass is 79.9. The largest absolute Gasteiger partial charge is 0.402 e. The Bertz CT molecular complexity index is 677. The van der Waals surface area contributed by atoms with E-state index >= 15 is 0 Å². The Balaban J connectivity index is 2.49. The van der Waals surface area contributed by atoms with E-state index in [1.165, 1.54) is 17.7 Å². The molecule has 1 atom stereocenters. The number of fused-ring (bicyclic) bond motifs is 1. The quantitative estimate of drug-likeness (QED) is 0.774. The fourth-order valence-electron chi connectivity index (χ4n) is 1.68. The minimum Gasteiger partial charge on any atom is -0.297 e. The van der Waals surface area contributed by atoms with Crippen LogP contribution in [0.4, 0.5) is 13.2 Å². The maximum absolute atomic E-state index is 12.5. The van der Waals surface area contributed by atoms with Crippen molar-refractivity contribution in [2.24, 2.45) is 0 Å². The molecule has 0 spiro atoms. The molecule has 2 aromatic heterocycles. The van der Waals surface area contributed by atoms with Gasteiger partial charge in [-0.25, -0.2) is 4.98 Å². The highest BCUT2D eigenvalue weighted by Crippen LogP contribution is 2.28. The molecule has 0 saturated carbocycles. The molecule has 1 unspecified atom stereocenters. The van der Waals surface area contributed by atoms with E-state index in [0.29, 0.717) is 10.2 Å². The maximum atomic E-state index is 12.5. The van der Waals surface area contributed by atoms with Gasteiger partial charge in [0, 0.05) is 11.4 Å². The third-order valence-electron chi connectivity index (χ3n) is 2.87. The molecule has 19 heavy (non-hydrogen) atoms. The summed E-state index contributed by atoms with van der Waals surface area (Å²) in [4.78, 5) is 16.0. The SMILES string of the molecule is Cc1sc2ncn(CC(Br)C(F)(F)F)c(=O)c2c1C. The molecule has 0 aliphatic heterocycles. The molecular formula is C11H10BrF3N2OS. The van der Waals surface area contributed by atoms with Gasteiger partial charge in [0.25, 0.3) is 5.56 Å². The van der Waals surface area contributed by atoms with E-state index in [1.807, 2.05) is 6.92 Å². The van der Waals surface area contributed by atoms with Gasteiger partial charge < -0.3 is 0 Å². The summed E-state index contributed by atoms with van der Waals surface area (Å²) in [5.74, 6) is 0. The zero-order chi connectivity index (χ0) is 14.4. The molecular weight excluding hydrogens is 345 g/mol. The van der Waals surface area contributed by atoms with Crippen LogP contribution >= 0.6 is 27.3 Å². The number of aryl methyl sites for hydroxylation is 2. The van der Waals surface area contributed by atoms with Crippen LogP contribution in [0.2, 0.25) is 0 Å². The van der Waals surface area contributed by atoms with Crippen molar-refractivity contribution >= 4 is 37.5 Å². The second-order valence-corrected chi connectivity index (χ2v) is 6.48. The second kappa shape index (κ2) is 4.90. The van der Waals surface area contributed by atoms with Gasteiger partial charge in [-0.2, -0.15) is 13.2 Å². The molecule has 2 heterocycles. The fraction of sp³-hybridized carbons (Fsp3) is 0.455. The van der Waals surface area contributed by atoms with Crippen LogP contribution in [0.5, 0.6) is 0 Å². The Morgan fingerprint density at radius 2 is 2.11 bits per heavy atom. The zero-order valence-corrected chi connectivity index (χ0v) is 12.5. The molecule has 3 nitrogen and oxygen atoms in total. The van der Waals surface area contributed by atoms with E-state index < -0.39 is 23.1 Å². The molecule has 2 aromatic rings. The van der Waals surface area contributed by atoms with Crippen LogP contribution in [-0.4, -0.2) is 20.6 Å². The number of hydrogen-bond donors (Lipinski definition) is 0. The first-order valence-corrected chi connectivity index (χ1v) is 7.11. The number of halogens is 4. The van der Waals surface area contributed by atoms with E-state index in [1.54, 1.807) is 6.92 Å². The van der Waals surface area contributed by atoms with Gasteiger partial charge in [0.15, 0.2) is 0 Å². The summed E-state index contributed by atoms with van der Waals surface area (Å²) in [5.41, 5.74) is 0.352. The molecule has 0 N–H and O–H groups in total. The summed E-state index contributed by atoms with van der Waals surface area (Å²) in [6.07, 6.45) is -3.23. The summed E-state index contributed by atoms with van der Waals surface area (Å²) in [7, 11) is 0. The van der Waals surface area contributed by atoms with Crippen LogP contribution in [0.25, 0.3) is 10.2 Å². The fourth-order valence-corrected chi connectivity index (χ4v) is 2.98. The lowest BCUT2D eigenvalue weighted by Gasteiger charge is -2.14. The first-order valence-electron chi connectivity index (χ1n) is 5.37. The molecule has 0 aliphatic rings. The highest BCUT2D eigenvalue weighted by molar-refractivity contribution is 9.09. The third kappa shape index (κ3) is 2.69. The lowest BCUT2D eigenvalue weighted by Crippen LogP contribution is -2.32. The Labute approximate surface area is 119 Å². The van der Waals surface area contributed by atoms with Crippen molar-refractivity contribution in [3.05, 3.63) is 27.1 Å². The average molecular weight is 355 g/mol. The standard InChI is InChI=1S/C11H10BrF3N2OS/c1-5-6(2)19-9-8(5)10(18)17(4-16-9)3-7(12)11(13,14)15/h4,7H,3H2,1-2H3. The number of nitrogens with zero attached hydrogens (tertiary/aromatic N) is 2. The van der Waals surface area contributed by atoms with Crippen LogP contribution in [0.1, 0.15) is 10.4 Å². The lowest BCUT2D eigenvalue weighted by molar-refractivity contribution is -0.129. The molecule has 0 bridgehead atoms. The van der Waals surface area contributed by atoms with Crippen LogP contribution < -0.4 is 5.56 Å². The van der Waals surface area contributed by atoms with E-state index in [4.69, 9.17) is 0 Å². The number of hydrogen-bond acceptors (Lipinski definition) is 3. The smallest absolute Gasteiger partial charge is 0.297 e. The minimum absolute atomic E-state index is 0.409. The van der Waals surface area contributed by atoms with Crippen molar-refractivity contribution in [2.75, 3.05) is 0 Å². The molecule has 0 aromatic carbocycles. The van der Waals surface area contributed by atoms with Crippen LogP contribution in [0, 0.1) is 13.8 Å². The number of alkyl halides is 4. The number of rotatable bonds is 2. The van der Waals surface area contributed by atoms with Gasteiger partial charge in [-0.1, -0.05) is 15.9 Å². The first-order chi connectivity index (χ1) is 8.71. The summed E-state index contributed by atoms with van der Waals surface area (Å²) < 4.78 is 38.4. The minimum atomic E-state index is -4.39. The van der Waals surface area contributed by atoms with Gasteiger partial charge in [0.2, 0.25) is 0 Å². The van der Waals surface area contributed by atoms with Gasteiger partial charge in [0.05, 0.1) is 11.7 Å². The maximum Gasteiger partial charge on any atom is 0.402 e. The summed E-state index contributed by atoms with van der Waals surface area (Å²) in [6, 6.07) is 0. The number of thiophene rings is 1. The first kappa shape index (κ1) is 14.5. The van der Waals surface area contributed by atoms with Crippen molar-refractivity contribution in [1.29, 1.82) is 0 Å². The van der Waals surface area contributed by atoms with Crippen molar-refractivity contribution in [1.82, 2.24) is 9.55 Å². The van der Waals surface area contributed by atoms with E-state index in [-0.39, 0.29) is 0 Å². The normalized spacial score (nSPS) is 14.0. The number of aromatic nitrogens is 2. The molecule has 0 radical (unpaired) electrons.